The topological polar surface area (TPSA) is 251 Å². The average Bonchev–Trinajstić information content (AvgIpc) is 2.80. The first kappa shape index (κ1) is 24.2. The fourth-order valence-corrected chi connectivity index (χ4v) is 5.01. The number of hydrogen-bond acceptors (Lipinski definition) is 10. The van der Waals surface area contributed by atoms with Crippen LogP contribution in [0, 0.1) is 11.3 Å². The third-order valence-corrected chi connectivity index (χ3v) is 6.58. The maximum atomic E-state index is 11.7. The molecule has 0 bridgehead atoms. The average molecular weight is 450 g/mol. The van der Waals surface area contributed by atoms with Crippen LogP contribution < -0.4 is 0 Å². The molecule has 1 fully saturated rings. The zero-order valence-corrected chi connectivity index (χ0v) is 16.1. The van der Waals surface area contributed by atoms with Gasteiger partial charge in [-0.05, 0) is 17.1 Å². The molecule has 6 atom stereocenters. The minimum Gasteiger partial charge on any atom is -0.379 e. The third-order valence-electron chi connectivity index (χ3n) is 2.77. The fraction of sp³-hybridized carbons (Fsp3) is 0.857. The van der Waals surface area contributed by atoms with Gasteiger partial charge in [-0.1, -0.05) is 0 Å². The van der Waals surface area contributed by atoms with Gasteiger partial charge in [0, 0.05) is 10.9 Å². The van der Waals surface area contributed by atoms with E-state index in [0.717, 1.165) is 0 Å². The summed E-state index contributed by atoms with van der Waals surface area (Å²) in [7, 11) is -14.8. The van der Waals surface area contributed by atoms with E-state index in [1.54, 1.807) is 13.9 Å². The van der Waals surface area contributed by atoms with Gasteiger partial charge in [0.25, 0.3) is 0 Å². The van der Waals surface area contributed by atoms with Gasteiger partial charge in [0.2, 0.25) is 6.23 Å². The Morgan fingerprint density at radius 3 is 2.44 bits per heavy atom. The molecule has 1 aliphatic rings. The summed E-state index contributed by atoms with van der Waals surface area (Å²) in [6, 6.07) is 1.13. The van der Waals surface area contributed by atoms with Crippen molar-refractivity contribution in [3.63, 3.8) is 0 Å². The van der Waals surface area contributed by atoms with Crippen molar-refractivity contribution in [2.24, 2.45) is 5.11 Å². The minimum atomic E-state index is -5.63. The predicted molar refractivity (Wildman–Crippen MR) is 85.1 cm³/mol. The molecule has 1 saturated heterocycles. The van der Waals surface area contributed by atoms with E-state index in [-0.39, 0.29) is 6.42 Å². The molecular formula is C7H14BN4O12P3. The smallest absolute Gasteiger partial charge is 0.379 e. The SMILES string of the molecule is BC1C[C@@H](OC(C#N)N=[N+]=[N-])C(COP(=O)(O)OP(=O)(O)OP(=O)(O)O)O1. The van der Waals surface area contributed by atoms with E-state index in [2.05, 4.69) is 23.2 Å². The Kier molecular flexibility index (Phi) is 8.62. The Bertz CT molecular complexity index is 763. The summed E-state index contributed by atoms with van der Waals surface area (Å²) in [6.07, 6.45) is -3.26. The number of rotatable bonds is 10. The van der Waals surface area contributed by atoms with Gasteiger partial charge < -0.3 is 29.0 Å². The van der Waals surface area contributed by atoms with E-state index in [0.29, 0.717) is 0 Å². The maximum Gasteiger partial charge on any atom is 0.490 e. The van der Waals surface area contributed by atoms with Crippen LogP contribution in [0.3, 0.4) is 0 Å². The van der Waals surface area contributed by atoms with E-state index in [1.807, 2.05) is 0 Å². The van der Waals surface area contributed by atoms with Crippen LogP contribution in [0.25, 0.3) is 10.4 Å². The molecule has 0 aliphatic carbocycles. The molecule has 1 aliphatic heterocycles. The second-order valence-corrected chi connectivity index (χ2v) is 9.39. The molecule has 1 rings (SSSR count). The highest BCUT2D eigenvalue weighted by Gasteiger charge is 2.42. The van der Waals surface area contributed by atoms with Gasteiger partial charge in [0.1, 0.15) is 20.0 Å². The summed E-state index contributed by atoms with van der Waals surface area (Å²) in [6.45, 7) is -0.743. The molecule has 16 nitrogen and oxygen atoms in total. The summed E-state index contributed by atoms with van der Waals surface area (Å²) in [5.74, 6) is 0. The van der Waals surface area contributed by atoms with Crippen molar-refractivity contribution in [1.82, 2.24) is 0 Å². The minimum absolute atomic E-state index is 0.198. The van der Waals surface area contributed by atoms with Crippen LogP contribution in [0.1, 0.15) is 6.42 Å². The molecule has 0 spiro atoms. The first-order valence-corrected chi connectivity index (χ1v) is 11.3. The van der Waals surface area contributed by atoms with E-state index < -0.39 is 54.5 Å². The lowest BCUT2D eigenvalue weighted by Gasteiger charge is -2.21. The van der Waals surface area contributed by atoms with E-state index in [4.69, 9.17) is 34.9 Å². The normalized spacial score (nSPS) is 28.3. The van der Waals surface area contributed by atoms with Crippen LogP contribution in [-0.4, -0.2) is 58.5 Å². The molecule has 1 heterocycles. The largest absolute Gasteiger partial charge is 0.490 e. The van der Waals surface area contributed by atoms with Crippen LogP contribution >= 0.6 is 23.5 Å². The van der Waals surface area contributed by atoms with Gasteiger partial charge in [0.05, 0.1) is 12.7 Å². The highest BCUT2D eigenvalue weighted by molar-refractivity contribution is 7.66. The molecule has 0 aromatic heterocycles. The van der Waals surface area contributed by atoms with Crippen LogP contribution in [0.15, 0.2) is 5.11 Å². The number of nitrogens with zero attached hydrogens (tertiary/aromatic N) is 4. The molecule has 0 radical (unpaired) electrons. The monoisotopic (exact) mass is 450 g/mol. The molecule has 0 amide bonds. The predicted octanol–water partition coefficient (Wildman–Crippen LogP) is -0.377. The number of azide groups is 1. The third kappa shape index (κ3) is 9.29. The van der Waals surface area contributed by atoms with Gasteiger partial charge in [-0.3, -0.25) is 4.52 Å². The Morgan fingerprint density at radius 1 is 1.30 bits per heavy atom. The standard InChI is InChI=1S/C7H14BN4O12P3/c8-6-1-4(22-7(2-9)11-12-10)5(21-6)3-20-26(16,17)24-27(18,19)23-25(13,14)15/h4-7H,1,3,8H2,(H,16,17)(H,18,19)(H2,13,14,15)/t4-,5?,6?,7?/m1/s1. The number of phosphoric acid groups is 3. The summed E-state index contributed by atoms with van der Waals surface area (Å²) in [4.78, 5) is 37.7. The summed E-state index contributed by atoms with van der Waals surface area (Å²) >= 11 is 0. The summed E-state index contributed by atoms with van der Waals surface area (Å²) < 4.78 is 55.5. The van der Waals surface area contributed by atoms with Crippen molar-refractivity contribution in [2.45, 2.75) is 30.9 Å². The summed E-state index contributed by atoms with van der Waals surface area (Å²) in [5.41, 5.74) is 8.33. The quantitative estimate of drug-likeness (QED) is 0.109. The van der Waals surface area contributed by atoms with E-state index >= 15 is 0 Å². The Hall–Kier alpha value is -0.805. The highest BCUT2D eigenvalue weighted by Crippen LogP contribution is 2.66. The second-order valence-electron chi connectivity index (χ2n) is 4.97. The molecule has 152 valence electrons. The molecule has 4 N–H and O–H groups in total. The zero-order valence-electron chi connectivity index (χ0n) is 13.4. The summed E-state index contributed by atoms with van der Waals surface area (Å²) in [5, 5.41) is 11.9. The van der Waals surface area contributed by atoms with E-state index in [1.165, 1.54) is 0 Å². The fourth-order valence-electron chi connectivity index (χ4n) is 1.98. The van der Waals surface area contributed by atoms with Crippen molar-refractivity contribution in [3.8, 4) is 6.07 Å². The number of nitriles is 1. The lowest BCUT2D eigenvalue weighted by Crippen LogP contribution is -2.31. The van der Waals surface area contributed by atoms with Crippen molar-refractivity contribution >= 4 is 31.3 Å². The van der Waals surface area contributed by atoms with Crippen LogP contribution in [-0.2, 0) is 36.3 Å². The zero-order chi connectivity index (χ0) is 20.9. The van der Waals surface area contributed by atoms with E-state index in [9.17, 15) is 18.6 Å². The molecule has 0 aromatic rings. The van der Waals surface area contributed by atoms with Gasteiger partial charge in [-0.15, -0.1) is 0 Å². The Morgan fingerprint density at radius 2 is 1.93 bits per heavy atom. The van der Waals surface area contributed by atoms with Gasteiger partial charge >= 0.3 is 23.5 Å². The van der Waals surface area contributed by atoms with Crippen molar-refractivity contribution in [1.29, 1.82) is 5.26 Å². The van der Waals surface area contributed by atoms with Crippen LogP contribution in [0.2, 0.25) is 0 Å². The lowest BCUT2D eigenvalue weighted by molar-refractivity contribution is -0.0508. The van der Waals surface area contributed by atoms with Crippen LogP contribution in [0.5, 0.6) is 0 Å². The number of hydrogen-bond donors (Lipinski definition) is 4. The molecule has 0 saturated carbocycles. The first-order valence-electron chi connectivity index (χ1n) is 6.80. The van der Waals surface area contributed by atoms with Crippen molar-refractivity contribution < 1.29 is 55.9 Å². The second kappa shape index (κ2) is 9.60. The Balaban J connectivity index is 2.71. The maximum absolute atomic E-state index is 11.7. The van der Waals surface area contributed by atoms with Gasteiger partial charge in [-0.2, -0.15) is 13.9 Å². The van der Waals surface area contributed by atoms with Gasteiger partial charge in [-0.25, -0.2) is 13.7 Å². The van der Waals surface area contributed by atoms with Crippen molar-refractivity contribution in [3.05, 3.63) is 10.4 Å². The van der Waals surface area contributed by atoms with Crippen LogP contribution in [0.4, 0.5) is 0 Å². The van der Waals surface area contributed by atoms with Gasteiger partial charge in [0.15, 0.2) is 0 Å². The molecule has 27 heavy (non-hydrogen) atoms. The first-order chi connectivity index (χ1) is 12.3. The number of phosphoric ester groups is 1. The molecular weight excluding hydrogens is 436 g/mol. The lowest BCUT2D eigenvalue weighted by atomic mass is 9.96. The Labute approximate surface area is 152 Å². The molecule has 0 aromatic carbocycles. The van der Waals surface area contributed by atoms with Crippen molar-refractivity contribution in [2.75, 3.05) is 6.61 Å². The number of ether oxygens (including phenoxy) is 2. The molecule has 5 unspecified atom stereocenters. The molecule has 20 heteroatoms. The highest BCUT2D eigenvalue weighted by atomic mass is 31.3.